The molecule has 0 atom stereocenters. The van der Waals surface area contributed by atoms with E-state index in [2.05, 4.69) is 9.97 Å². The molecule has 2 aromatic carbocycles. The molecule has 0 bridgehead atoms. The van der Waals surface area contributed by atoms with Gasteiger partial charge in [0.15, 0.2) is 0 Å². The zero-order valence-corrected chi connectivity index (χ0v) is 16.0. The number of aromatic nitrogens is 2. The second-order valence-corrected chi connectivity index (χ2v) is 7.04. The van der Waals surface area contributed by atoms with Crippen LogP contribution in [0.25, 0.3) is 12.2 Å². The molecule has 3 rings (SSSR count). The first-order valence-corrected chi connectivity index (χ1v) is 8.81. The molecular formula is C18H10Cl4N2O2. The van der Waals surface area contributed by atoms with Crippen LogP contribution in [0.4, 0.5) is 0 Å². The van der Waals surface area contributed by atoms with E-state index in [4.69, 9.17) is 46.4 Å². The lowest BCUT2D eigenvalue weighted by Crippen LogP contribution is -2.46. The maximum Gasteiger partial charge on any atom is 0.272 e. The van der Waals surface area contributed by atoms with Gasteiger partial charge in [-0.1, -0.05) is 58.5 Å². The van der Waals surface area contributed by atoms with E-state index in [1.807, 2.05) is 0 Å². The number of halogens is 4. The fraction of sp³-hybridized carbons (Fsp3) is 0. The standard InChI is InChI=1S/C18H10Cl4N2O2/c19-11-3-1-9(13(21)7-11)5-15-17(25)24-16(18(26)23-15)6-10-2-4-12(20)8-14(10)22/h1-8H,(H,23,26)(H,24,25). The van der Waals surface area contributed by atoms with Crippen LogP contribution in [0.3, 0.4) is 0 Å². The Morgan fingerprint density at radius 2 is 1.04 bits per heavy atom. The van der Waals surface area contributed by atoms with Gasteiger partial charge in [0.05, 0.1) is 0 Å². The minimum absolute atomic E-state index is 0.0681. The molecule has 0 amide bonds. The summed E-state index contributed by atoms with van der Waals surface area (Å²) < 4.78 is 0. The molecule has 0 saturated heterocycles. The van der Waals surface area contributed by atoms with Gasteiger partial charge >= 0.3 is 0 Å². The fourth-order valence-corrected chi connectivity index (χ4v) is 3.17. The van der Waals surface area contributed by atoms with Gasteiger partial charge in [-0.05, 0) is 47.5 Å². The van der Waals surface area contributed by atoms with Crippen molar-refractivity contribution >= 4 is 58.6 Å². The van der Waals surface area contributed by atoms with E-state index >= 15 is 0 Å². The van der Waals surface area contributed by atoms with Crippen LogP contribution >= 0.6 is 46.4 Å². The summed E-state index contributed by atoms with van der Waals surface area (Å²) in [6.45, 7) is 0. The third-order valence-electron chi connectivity index (χ3n) is 3.51. The van der Waals surface area contributed by atoms with Gasteiger partial charge in [0, 0.05) is 20.1 Å². The Morgan fingerprint density at radius 1 is 0.654 bits per heavy atom. The SMILES string of the molecule is O=c1[nH]c(=Cc2ccc(Cl)cc2Cl)c(=O)[nH]c1=Cc1ccc(Cl)cc1Cl. The topological polar surface area (TPSA) is 65.7 Å². The Morgan fingerprint density at radius 3 is 1.38 bits per heavy atom. The smallest absolute Gasteiger partial charge is 0.272 e. The van der Waals surface area contributed by atoms with E-state index in [1.54, 1.807) is 36.4 Å². The first-order chi connectivity index (χ1) is 12.3. The van der Waals surface area contributed by atoms with Crippen LogP contribution in [0.15, 0.2) is 46.0 Å². The van der Waals surface area contributed by atoms with E-state index in [0.29, 0.717) is 31.2 Å². The van der Waals surface area contributed by atoms with E-state index < -0.39 is 11.1 Å². The number of benzene rings is 2. The Labute approximate surface area is 167 Å². The van der Waals surface area contributed by atoms with Crippen molar-refractivity contribution in [2.24, 2.45) is 0 Å². The minimum atomic E-state index is -0.480. The van der Waals surface area contributed by atoms with E-state index in [0.717, 1.165) is 0 Å². The second kappa shape index (κ2) is 7.72. The van der Waals surface area contributed by atoms with Crippen molar-refractivity contribution < 1.29 is 0 Å². The second-order valence-electron chi connectivity index (χ2n) is 5.36. The van der Waals surface area contributed by atoms with Crippen molar-refractivity contribution in [1.82, 2.24) is 9.97 Å². The Bertz CT molecular complexity index is 1130. The van der Waals surface area contributed by atoms with Crippen LogP contribution in [0.1, 0.15) is 11.1 Å². The molecule has 26 heavy (non-hydrogen) atoms. The summed E-state index contributed by atoms with van der Waals surface area (Å²) in [5.41, 5.74) is 0.142. The lowest BCUT2D eigenvalue weighted by molar-refractivity contribution is 1.00. The van der Waals surface area contributed by atoms with E-state index in [9.17, 15) is 9.59 Å². The highest BCUT2D eigenvalue weighted by atomic mass is 35.5. The summed E-state index contributed by atoms with van der Waals surface area (Å²) in [5.74, 6) is 0. The summed E-state index contributed by atoms with van der Waals surface area (Å²) in [5, 5.41) is 1.80. The molecule has 0 aliphatic carbocycles. The molecule has 2 N–H and O–H groups in total. The number of aromatic amines is 2. The van der Waals surface area contributed by atoms with Gasteiger partial charge in [-0.3, -0.25) is 9.59 Å². The minimum Gasteiger partial charge on any atom is -0.316 e. The van der Waals surface area contributed by atoms with Gasteiger partial charge in [0.2, 0.25) is 0 Å². The highest BCUT2D eigenvalue weighted by molar-refractivity contribution is 6.36. The third kappa shape index (κ3) is 4.22. The van der Waals surface area contributed by atoms with Crippen molar-refractivity contribution in [3.8, 4) is 0 Å². The average molecular weight is 428 g/mol. The largest absolute Gasteiger partial charge is 0.316 e. The number of H-pyrrole nitrogens is 2. The quantitative estimate of drug-likeness (QED) is 0.658. The van der Waals surface area contributed by atoms with Crippen molar-refractivity contribution in [3.05, 3.63) is 99.0 Å². The molecule has 0 unspecified atom stereocenters. The molecule has 0 aliphatic heterocycles. The summed E-state index contributed by atoms with van der Waals surface area (Å²) in [6.07, 6.45) is 2.94. The first kappa shape index (κ1) is 18.8. The van der Waals surface area contributed by atoms with Crippen LogP contribution in [0.2, 0.25) is 20.1 Å². The number of rotatable bonds is 2. The Balaban J connectivity index is 2.15. The van der Waals surface area contributed by atoms with Crippen molar-refractivity contribution in [2.75, 3.05) is 0 Å². The predicted molar refractivity (Wildman–Crippen MR) is 107 cm³/mol. The summed E-state index contributed by atoms with van der Waals surface area (Å²) >= 11 is 23.9. The molecule has 0 aliphatic rings. The van der Waals surface area contributed by atoms with Crippen molar-refractivity contribution in [2.45, 2.75) is 0 Å². The van der Waals surface area contributed by atoms with Gasteiger partial charge in [-0.2, -0.15) is 0 Å². The molecule has 8 heteroatoms. The molecule has 0 radical (unpaired) electrons. The van der Waals surface area contributed by atoms with Crippen LogP contribution in [-0.2, 0) is 0 Å². The summed E-state index contributed by atoms with van der Waals surface area (Å²) in [7, 11) is 0. The summed E-state index contributed by atoms with van der Waals surface area (Å²) in [6, 6.07) is 9.66. The predicted octanol–water partition coefficient (Wildman–Crippen LogP) is 3.33. The number of hydrogen-bond donors (Lipinski definition) is 2. The van der Waals surface area contributed by atoms with Crippen LogP contribution in [-0.4, -0.2) is 9.97 Å². The molecule has 0 fully saturated rings. The molecule has 3 aromatic rings. The normalized spacial score (nSPS) is 12.6. The van der Waals surface area contributed by atoms with Gasteiger partial charge in [0.25, 0.3) is 11.1 Å². The van der Waals surface area contributed by atoms with Gasteiger partial charge in [0.1, 0.15) is 10.7 Å². The first-order valence-electron chi connectivity index (χ1n) is 7.29. The van der Waals surface area contributed by atoms with Gasteiger partial charge in [-0.25, -0.2) is 0 Å². The molecule has 4 nitrogen and oxygen atoms in total. The van der Waals surface area contributed by atoms with Crippen LogP contribution in [0.5, 0.6) is 0 Å². The van der Waals surface area contributed by atoms with Crippen molar-refractivity contribution in [3.63, 3.8) is 0 Å². The number of hydrogen-bond acceptors (Lipinski definition) is 2. The molecule has 0 spiro atoms. The molecule has 132 valence electrons. The fourth-order valence-electron chi connectivity index (χ4n) is 2.24. The van der Waals surface area contributed by atoms with E-state index in [-0.39, 0.29) is 10.7 Å². The zero-order chi connectivity index (χ0) is 18.8. The Kier molecular flexibility index (Phi) is 5.58. The maximum atomic E-state index is 12.3. The molecule has 1 aromatic heterocycles. The van der Waals surface area contributed by atoms with Gasteiger partial charge in [-0.15, -0.1) is 0 Å². The lowest BCUT2D eigenvalue weighted by Gasteiger charge is -1.99. The summed E-state index contributed by atoms with van der Waals surface area (Å²) in [4.78, 5) is 29.7. The highest BCUT2D eigenvalue weighted by Gasteiger charge is 2.02. The number of nitrogens with one attached hydrogen (secondary N) is 2. The maximum absolute atomic E-state index is 12.3. The van der Waals surface area contributed by atoms with Gasteiger partial charge < -0.3 is 9.97 Å². The van der Waals surface area contributed by atoms with E-state index in [1.165, 1.54) is 12.2 Å². The monoisotopic (exact) mass is 426 g/mol. The third-order valence-corrected chi connectivity index (χ3v) is 4.64. The Hall–Kier alpha value is -1.98. The highest BCUT2D eigenvalue weighted by Crippen LogP contribution is 2.21. The molecule has 0 saturated carbocycles. The average Bonchev–Trinajstić information content (AvgIpc) is 2.57. The lowest BCUT2D eigenvalue weighted by atomic mass is 10.2. The zero-order valence-electron chi connectivity index (χ0n) is 12.9. The van der Waals surface area contributed by atoms with Crippen molar-refractivity contribution in [1.29, 1.82) is 0 Å². The van der Waals surface area contributed by atoms with Crippen LogP contribution < -0.4 is 21.8 Å². The van der Waals surface area contributed by atoms with Crippen LogP contribution in [0, 0.1) is 0 Å². The molecule has 1 heterocycles. The molecular weight excluding hydrogens is 418 g/mol.